The summed E-state index contributed by atoms with van der Waals surface area (Å²) < 4.78 is 10.2. The van der Waals surface area contributed by atoms with Gasteiger partial charge < -0.3 is 9.47 Å². The summed E-state index contributed by atoms with van der Waals surface area (Å²) in [5.41, 5.74) is 0. The molecule has 0 N–H and O–H groups in total. The largest absolute Gasteiger partial charge is 0.493 e. The number of ether oxygens (including phenoxy) is 2. The third-order valence-electron chi connectivity index (χ3n) is 1.19. The Hall–Kier alpha value is -1.44. The van der Waals surface area contributed by atoms with E-state index in [2.05, 4.69) is 19.7 Å². The number of hydrogen-bond donors (Lipinski definition) is 0. The van der Waals surface area contributed by atoms with E-state index in [1.165, 1.54) is 0 Å². The first-order valence-corrected chi connectivity index (χ1v) is 3.57. The molecule has 0 aliphatic carbocycles. The second-order valence-corrected chi connectivity index (χ2v) is 1.94. The van der Waals surface area contributed by atoms with Gasteiger partial charge >= 0.3 is 0 Å². The molecule has 0 radical (unpaired) electrons. The Bertz CT molecular complexity index is 202. The summed E-state index contributed by atoms with van der Waals surface area (Å²) in [7, 11) is 1.55. The molecule has 0 aliphatic heterocycles. The first-order valence-electron chi connectivity index (χ1n) is 3.57. The fourth-order valence-corrected chi connectivity index (χ4v) is 0.664. The Labute approximate surface area is 73.5 Å². The summed E-state index contributed by atoms with van der Waals surface area (Å²) in [5, 5.41) is 0. The zero-order chi connectivity index (χ0) is 9.40. The molecule has 0 atom stereocenters. The first-order chi connectivity index (χ1) is 5.79. The van der Waals surface area contributed by atoms with E-state index in [-0.39, 0.29) is 0 Å². The second-order valence-electron chi connectivity index (χ2n) is 1.94. The predicted molar refractivity (Wildman–Crippen MR) is 50.6 cm³/mol. The maximum Gasteiger partial charge on any atom is 0.161 e. The minimum atomic E-state index is 0.433. The lowest BCUT2D eigenvalue weighted by molar-refractivity contribution is 0.218. The molecule has 0 aromatic carbocycles. The van der Waals surface area contributed by atoms with Gasteiger partial charge in [0.15, 0.2) is 11.5 Å². The van der Waals surface area contributed by atoms with Gasteiger partial charge in [0, 0.05) is 0 Å². The molecule has 0 unspecified atom stereocenters. The molecule has 0 fully saturated rings. The number of rotatable bonds is 6. The summed E-state index contributed by atoms with van der Waals surface area (Å²) >= 11 is 0. The second kappa shape index (κ2) is 6.28. The molecule has 2 heteroatoms. The molecule has 0 aliphatic rings. The van der Waals surface area contributed by atoms with E-state index in [0.29, 0.717) is 18.1 Å². The fourth-order valence-electron chi connectivity index (χ4n) is 0.664. The molecule has 0 aromatic heterocycles. The third-order valence-corrected chi connectivity index (χ3v) is 1.19. The van der Waals surface area contributed by atoms with E-state index in [1.54, 1.807) is 25.3 Å². The van der Waals surface area contributed by atoms with Crippen molar-refractivity contribution in [2.75, 3.05) is 13.7 Å². The van der Waals surface area contributed by atoms with E-state index < -0.39 is 0 Å². The van der Waals surface area contributed by atoms with Gasteiger partial charge in [-0.1, -0.05) is 25.8 Å². The quantitative estimate of drug-likeness (QED) is 0.343. The van der Waals surface area contributed by atoms with Crippen molar-refractivity contribution in [1.29, 1.82) is 0 Å². The molecule has 12 heavy (non-hydrogen) atoms. The van der Waals surface area contributed by atoms with Gasteiger partial charge in [0.25, 0.3) is 0 Å². The van der Waals surface area contributed by atoms with Crippen LogP contribution in [0.5, 0.6) is 0 Å². The lowest BCUT2D eigenvalue weighted by atomic mass is 10.4. The van der Waals surface area contributed by atoms with Gasteiger partial charge in [0.1, 0.15) is 6.61 Å². The summed E-state index contributed by atoms with van der Waals surface area (Å²) in [6.45, 7) is 11.1. The topological polar surface area (TPSA) is 18.5 Å². The molecule has 0 heterocycles. The molecule has 0 amide bonds. The maximum atomic E-state index is 5.23. The van der Waals surface area contributed by atoms with Crippen LogP contribution in [0.15, 0.2) is 49.5 Å². The van der Waals surface area contributed by atoms with Crippen molar-refractivity contribution >= 4 is 0 Å². The SMILES string of the molecule is C=CCOC(C=C)=C(C=C)OC. The Morgan fingerprint density at radius 2 is 1.75 bits per heavy atom. The van der Waals surface area contributed by atoms with Crippen LogP contribution in [-0.4, -0.2) is 13.7 Å². The minimum Gasteiger partial charge on any atom is -0.493 e. The fraction of sp³-hybridized carbons (Fsp3) is 0.200. The molecule has 2 nitrogen and oxygen atoms in total. The average Bonchev–Trinajstić information content (AvgIpc) is 2.12. The van der Waals surface area contributed by atoms with Gasteiger partial charge in [-0.3, -0.25) is 0 Å². The molecule has 0 saturated heterocycles. The van der Waals surface area contributed by atoms with Crippen molar-refractivity contribution in [3.63, 3.8) is 0 Å². The van der Waals surface area contributed by atoms with E-state index in [4.69, 9.17) is 9.47 Å². The van der Waals surface area contributed by atoms with Crippen LogP contribution in [0.3, 0.4) is 0 Å². The number of allylic oxidation sites excluding steroid dienone is 2. The van der Waals surface area contributed by atoms with Crippen molar-refractivity contribution in [2.24, 2.45) is 0 Å². The van der Waals surface area contributed by atoms with Crippen molar-refractivity contribution in [3.05, 3.63) is 49.5 Å². The van der Waals surface area contributed by atoms with Crippen LogP contribution in [0.25, 0.3) is 0 Å². The number of hydrogen-bond acceptors (Lipinski definition) is 2. The molecule has 0 bridgehead atoms. The molecule has 0 saturated carbocycles. The predicted octanol–water partition coefficient (Wildman–Crippen LogP) is 2.42. The highest BCUT2D eigenvalue weighted by Gasteiger charge is 1.99. The van der Waals surface area contributed by atoms with Crippen LogP contribution in [0.2, 0.25) is 0 Å². The summed E-state index contributed by atoms with van der Waals surface area (Å²) in [4.78, 5) is 0. The van der Waals surface area contributed by atoms with Gasteiger partial charge in [0.2, 0.25) is 0 Å². The smallest absolute Gasteiger partial charge is 0.161 e. The zero-order valence-corrected chi connectivity index (χ0v) is 7.38. The van der Waals surface area contributed by atoms with E-state index in [0.717, 1.165) is 0 Å². The first kappa shape index (κ1) is 10.6. The Kier molecular flexibility index (Phi) is 5.53. The molecule has 66 valence electrons. The third kappa shape index (κ3) is 3.10. The van der Waals surface area contributed by atoms with Crippen LogP contribution in [-0.2, 0) is 9.47 Å². The van der Waals surface area contributed by atoms with Crippen LogP contribution in [0.1, 0.15) is 0 Å². The van der Waals surface area contributed by atoms with Gasteiger partial charge in [-0.05, 0) is 12.2 Å². The normalized spacial score (nSPS) is 11.1. The molecular formula is C10H14O2. The number of methoxy groups -OCH3 is 1. The van der Waals surface area contributed by atoms with Crippen molar-refractivity contribution < 1.29 is 9.47 Å². The zero-order valence-electron chi connectivity index (χ0n) is 7.38. The summed E-state index contributed by atoms with van der Waals surface area (Å²) in [6, 6.07) is 0. The lowest BCUT2D eigenvalue weighted by Crippen LogP contribution is -1.95. The molecule has 0 spiro atoms. The monoisotopic (exact) mass is 166 g/mol. The minimum absolute atomic E-state index is 0.433. The van der Waals surface area contributed by atoms with Gasteiger partial charge in [-0.2, -0.15) is 0 Å². The highest BCUT2D eigenvalue weighted by Crippen LogP contribution is 2.08. The molecule has 0 rings (SSSR count). The van der Waals surface area contributed by atoms with Crippen LogP contribution in [0.4, 0.5) is 0 Å². The summed E-state index contributed by atoms with van der Waals surface area (Å²) in [5.74, 6) is 1.15. The van der Waals surface area contributed by atoms with Crippen molar-refractivity contribution in [3.8, 4) is 0 Å². The van der Waals surface area contributed by atoms with Crippen LogP contribution < -0.4 is 0 Å². The Balaban J connectivity index is 4.44. The van der Waals surface area contributed by atoms with E-state index in [1.807, 2.05) is 0 Å². The summed E-state index contributed by atoms with van der Waals surface area (Å²) in [6.07, 6.45) is 4.80. The van der Waals surface area contributed by atoms with E-state index in [9.17, 15) is 0 Å². The Morgan fingerprint density at radius 1 is 1.17 bits per heavy atom. The molecule has 0 aromatic rings. The van der Waals surface area contributed by atoms with E-state index >= 15 is 0 Å². The van der Waals surface area contributed by atoms with Crippen molar-refractivity contribution in [1.82, 2.24) is 0 Å². The van der Waals surface area contributed by atoms with Crippen molar-refractivity contribution in [2.45, 2.75) is 0 Å². The highest BCUT2D eigenvalue weighted by atomic mass is 16.5. The average molecular weight is 166 g/mol. The standard InChI is InChI=1S/C10H14O2/c1-5-8-12-10(7-3)9(6-2)11-4/h5-7H,1-3,8H2,4H3. The van der Waals surface area contributed by atoms with Crippen LogP contribution in [0, 0.1) is 0 Å². The molecular weight excluding hydrogens is 152 g/mol. The lowest BCUT2D eigenvalue weighted by Gasteiger charge is -2.07. The highest BCUT2D eigenvalue weighted by molar-refractivity contribution is 5.21. The van der Waals surface area contributed by atoms with Gasteiger partial charge in [-0.25, -0.2) is 0 Å². The van der Waals surface area contributed by atoms with Gasteiger partial charge in [-0.15, -0.1) is 0 Å². The van der Waals surface area contributed by atoms with Crippen LogP contribution >= 0.6 is 0 Å². The Morgan fingerprint density at radius 3 is 2.08 bits per heavy atom. The maximum absolute atomic E-state index is 5.23. The van der Waals surface area contributed by atoms with Gasteiger partial charge in [0.05, 0.1) is 7.11 Å².